The molecule has 0 unspecified atom stereocenters. The summed E-state index contributed by atoms with van der Waals surface area (Å²) in [5.41, 5.74) is 2.83. The van der Waals surface area contributed by atoms with Gasteiger partial charge in [0, 0.05) is 10.0 Å². The normalized spacial score (nSPS) is 10.9. The predicted octanol–water partition coefficient (Wildman–Crippen LogP) is 3.52. The minimum Gasteiger partial charge on any atom is -0.236 e. The third kappa shape index (κ3) is 2.03. The third-order valence-electron chi connectivity index (χ3n) is 2.51. The molecule has 0 atom stereocenters. The first-order valence-corrected chi connectivity index (χ1v) is 6.76. The summed E-state index contributed by atoms with van der Waals surface area (Å²) in [6.45, 7) is 0. The van der Waals surface area contributed by atoms with Crippen molar-refractivity contribution in [2.24, 2.45) is 0 Å². The lowest BCUT2D eigenvalue weighted by Crippen LogP contribution is -2.01. The van der Waals surface area contributed by atoms with Gasteiger partial charge >= 0.3 is 0 Å². The average molecular weight is 300 g/mol. The van der Waals surface area contributed by atoms with Gasteiger partial charge < -0.3 is 0 Å². The first kappa shape index (κ1) is 11.0. The maximum absolute atomic E-state index is 5.82. The predicted molar refractivity (Wildman–Crippen MR) is 78.1 cm³/mol. The Morgan fingerprint density at radius 1 is 1.12 bits per heavy atom. The van der Waals surface area contributed by atoms with Gasteiger partial charge in [0.25, 0.3) is 0 Å². The highest BCUT2D eigenvalue weighted by Gasteiger charge is 2.08. The Morgan fingerprint density at radius 3 is 2.76 bits per heavy atom. The van der Waals surface area contributed by atoms with Crippen LogP contribution in [0.25, 0.3) is 20.8 Å². The molecule has 3 rings (SSSR count). The second-order valence-electron chi connectivity index (χ2n) is 3.73. The molecule has 17 heavy (non-hydrogen) atoms. The molecule has 0 fully saturated rings. The lowest BCUT2D eigenvalue weighted by atomic mass is 9.95. The molecule has 80 valence electrons. The van der Waals surface area contributed by atoms with Gasteiger partial charge in [-0.3, -0.25) is 0 Å². The third-order valence-corrected chi connectivity index (χ3v) is 4.28. The molecule has 3 aromatic rings. The van der Waals surface area contributed by atoms with Crippen LogP contribution in [0.4, 0.5) is 0 Å². The lowest BCUT2D eigenvalue weighted by molar-refractivity contribution is 1.47. The molecule has 0 N–H and O–H groups in total. The standard InChI is InChI=1S/C13H7BBrNS/c14-8-5-6-10(15)9(7-8)13-16-11-3-1-2-4-12(11)17-13/h1-7H. The molecule has 0 bridgehead atoms. The highest BCUT2D eigenvalue weighted by atomic mass is 79.9. The van der Waals surface area contributed by atoms with E-state index < -0.39 is 0 Å². The first-order chi connectivity index (χ1) is 8.24. The highest BCUT2D eigenvalue weighted by molar-refractivity contribution is 9.10. The summed E-state index contributed by atoms with van der Waals surface area (Å²) in [5.74, 6) is 0. The minimum absolute atomic E-state index is 0.752. The van der Waals surface area contributed by atoms with Crippen molar-refractivity contribution in [2.75, 3.05) is 0 Å². The van der Waals surface area contributed by atoms with E-state index in [1.165, 1.54) is 4.70 Å². The van der Waals surface area contributed by atoms with Crippen LogP contribution in [-0.4, -0.2) is 12.8 Å². The SMILES string of the molecule is [B]c1ccc(Br)c(-c2nc3ccccc3s2)c1. The summed E-state index contributed by atoms with van der Waals surface area (Å²) in [5, 5.41) is 0.991. The number of nitrogens with zero attached hydrogens (tertiary/aromatic N) is 1. The fourth-order valence-electron chi connectivity index (χ4n) is 1.69. The van der Waals surface area contributed by atoms with Crippen molar-refractivity contribution in [3.8, 4) is 10.6 Å². The highest BCUT2D eigenvalue weighted by Crippen LogP contribution is 2.33. The van der Waals surface area contributed by atoms with Crippen molar-refractivity contribution in [3.63, 3.8) is 0 Å². The fraction of sp³-hybridized carbons (Fsp3) is 0. The molecular weight excluding hydrogens is 293 g/mol. The van der Waals surface area contributed by atoms with Gasteiger partial charge in [0.05, 0.1) is 10.2 Å². The maximum atomic E-state index is 5.82. The van der Waals surface area contributed by atoms with Gasteiger partial charge in [-0.15, -0.1) is 11.3 Å². The number of rotatable bonds is 1. The number of thiazole rings is 1. The quantitative estimate of drug-likeness (QED) is 0.627. The van der Waals surface area contributed by atoms with E-state index in [0.29, 0.717) is 0 Å². The molecule has 0 spiro atoms. The molecule has 0 amide bonds. The smallest absolute Gasteiger partial charge is 0.125 e. The van der Waals surface area contributed by atoms with E-state index in [2.05, 4.69) is 27.0 Å². The Morgan fingerprint density at radius 2 is 1.94 bits per heavy atom. The summed E-state index contributed by atoms with van der Waals surface area (Å²) in [6, 6.07) is 13.9. The number of benzene rings is 2. The van der Waals surface area contributed by atoms with E-state index in [1.54, 1.807) is 11.3 Å². The van der Waals surface area contributed by atoms with Crippen LogP contribution in [0, 0.1) is 0 Å². The number of para-hydroxylation sites is 1. The van der Waals surface area contributed by atoms with Crippen molar-refractivity contribution < 1.29 is 0 Å². The summed E-state index contributed by atoms with van der Waals surface area (Å²) >= 11 is 5.21. The Balaban J connectivity index is 2.23. The van der Waals surface area contributed by atoms with Crippen molar-refractivity contribution >= 4 is 50.8 Å². The summed E-state index contributed by atoms with van der Waals surface area (Å²) in [6.07, 6.45) is 0. The molecule has 1 aromatic heterocycles. The van der Waals surface area contributed by atoms with Gasteiger partial charge in [-0.05, 0) is 18.2 Å². The van der Waals surface area contributed by atoms with Crippen LogP contribution in [0.2, 0.25) is 0 Å². The molecule has 4 heteroatoms. The van der Waals surface area contributed by atoms with Gasteiger partial charge in [0.1, 0.15) is 12.9 Å². The van der Waals surface area contributed by atoms with Crippen LogP contribution < -0.4 is 5.46 Å². The van der Waals surface area contributed by atoms with E-state index >= 15 is 0 Å². The van der Waals surface area contributed by atoms with Crippen LogP contribution in [0.1, 0.15) is 0 Å². The molecule has 0 aliphatic carbocycles. The van der Waals surface area contributed by atoms with Crippen LogP contribution >= 0.6 is 27.3 Å². The molecule has 1 nitrogen and oxygen atoms in total. The van der Waals surface area contributed by atoms with Gasteiger partial charge in [0.15, 0.2) is 0 Å². The second kappa shape index (κ2) is 4.28. The van der Waals surface area contributed by atoms with Crippen molar-refractivity contribution in [2.45, 2.75) is 0 Å². The van der Waals surface area contributed by atoms with E-state index in [1.807, 2.05) is 36.4 Å². The zero-order valence-corrected chi connectivity index (χ0v) is 11.3. The number of halogens is 1. The molecule has 2 radical (unpaired) electrons. The fourth-order valence-corrected chi connectivity index (χ4v) is 3.26. The largest absolute Gasteiger partial charge is 0.236 e. The van der Waals surface area contributed by atoms with Gasteiger partial charge in [-0.1, -0.05) is 45.7 Å². The van der Waals surface area contributed by atoms with Crippen LogP contribution in [0.5, 0.6) is 0 Å². The summed E-state index contributed by atoms with van der Waals surface area (Å²) in [4.78, 5) is 4.62. The number of hydrogen-bond acceptors (Lipinski definition) is 2. The zero-order valence-electron chi connectivity index (χ0n) is 8.85. The van der Waals surface area contributed by atoms with E-state index in [-0.39, 0.29) is 0 Å². The van der Waals surface area contributed by atoms with Gasteiger partial charge in [0.2, 0.25) is 0 Å². The number of hydrogen-bond donors (Lipinski definition) is 0. The maximum Gasteiger partial charge on any atom is 0.125 e. The molecule has 0 saturated heterocycles. The molecule has 1 heterocycles. The van der Waals surface area contributed by atoms with E-state index in [9.17, 15) is 0 Å². The van der Waals surface area contributed by atoms with Crippen LogP contribution in [0.3, 0.4) is 0 Å². The van der Waals surface area contributed by atoms with Gasteiger partial charge in [-0.25, -0.2) is 4.98 Å². The second-order valence-corrected chi connectivity index (χ2v) is 5.61. The Bertz CT molecular complexity index is 660. The summed E-state index contributed by atoms with van der Waals surface area (Å²) in [7, 11) is 5.82. The topological polar surface area (TPSA) is 12.9 Å². The summed E-state index contributed by atoms with van der Waals surface area (Å²) < 4.78 is 2.21. The zero-order chi connectivity index (χ0) is 11.8. The molecule has 0 saturated carbocycles. The Kier molecular flexibility index (Phi) is 2.77. The average Bonchev–Trinajstić information content (AvgIpc) is 2.75. The number of fused-ring (bicyclic) bond motifs is 1. The Hall–Kier alpha value is -1.13. The number of aromatic nitrogens is 1. The van der Waals surface area contributed by atoms with E-state index in [0.717, 1.165) is 26.0 Å². The van der Waals surface area contributed by atoms with E-state index in [4.69, 9.17) is 7.85 Å². The first-order valence-electron chi connectivity index (χ1n) is 5.15. The van der Waals surface area contributed by atoms with Crippen LogP contribution in [-0.2, 0) is 0 Å². The van der Waals surface area contributed by atoms with Crippen molar-refractivity contribution in [1.29, 1.82) is 0 Å². The van der Waals surface area contributed by atoms with Gasteiger partial charge in [-0.2, -0.15) is 0 Å². The molecular formula is C13H7BBrNS. The van der Waals surface area contributed by atoms with Crippen molar-refractivity contribution in [3.05, 3.63) is 46.9 Å². The molecule has 0 aliphatic heterocycles. The Labute approximate surface area is 113 Å². The monoisotopic (exact) mass is 299 g/mol. The molecule has 2 aromatic carbocycles. The lowest BCUT2D eigenvalue weighted by Gasteiger charge is -2.01. The minimum atomic E-state index is 0.752. The van der Waals surface area contributed by atoms with Crippen molar-refractivity contribution in [1.82, 2.24) is 4.98 Å². The van der Waals surface area contributed by atoms with Crippen LogP contribution in [0.15, 0.2) is 46.9 Å². The molecule has 0 aliphatic rings.